The number of aryl methyl sites for hydroxylation is 2. The van der Waals surface area contributed by atoms with Crippen LogP contribution >= 0.6 is 0 Å². The Labute approximate surface area is 118 Å². The molecule has 1 heterocycles. The van der Waals surface area contributed by atoms with E-state index < -0.39 is 0 Å². The fraction of sp³-hybridized carbons (Fsp3) is 0.235. The van der Waals surface area contributed by atoms with Crippen molar-refractivity contribution < 1.29 is 5.11 Å². The predicted octanol–water partition coefficient (Wildman–Crippen LogP) is 3.19. The maximum atomic E-state index is 9.55. The molecule has 20 heavy (non-hydrogen) atoms. The average molecular weight is 266 g/mol. The second kappa shape index (κ2) is 5.10. The molecule has 1 N–H and O–H groups in total. The molecule has 0 aliphatic rings. The molecule has 0 bridgehead atoms. The summed E-state index contributed by atoms with van der Waals surface area (Å²) < 4.78 is 2.09. The summed E-state index contributed by atoms with van der Waals surface area (Å²) in [7, 11) is 0. The lowest BCUT2D eigenvalue weighted by Crippen LogP contribution is -2.05. The van der Waals surface area contributed by atoms with Crippen LogP contribution in [0.15, 0.2) is 42.5 Å². The highest BCUT2D eigenvalue weighted by Gasteiger charge is 2.11. The molecule has 0 aliphatic heterocycles. The van der Waals surface area contributed by atoms with E-state index in [4.69, 9.17) is 0 Å². The summed E-state index contributed by atoms with van der Waals surface area (Å²) in [6.45, 7) is 4.88. The second-order valence-corrected chi connectivity index (χ2v) is 5.18. The third-order valence-electron chi connectivity index (χ3n) is 3.77. The van der Waals surface area contributed by atoms with Crippen LogP contribution in [0.1, 0.15) is 22.5 Å². The standard InChI is InChI=1S/C17H18N2O/c1-12-8-15-16(9-13(12)2)19(17(11-20)18-15)10-14-6-4-3-5-7-14/h3-9,20H,10-11H2,1-2H3. The molecule has 0 aliphatic carbocycles. The van der Waals surface area contributed by atoms with Crippen LogP contribution < -0.4 is 0 Å². The van der Waals surface area contributed by atoms with Crippen molar-refractivity contribution in [2.24, 2.45) is 0 Å². The highest BCUT2D eigenvalue weighted by Crippen LogP contribution is 2.22. The fourth-order valence-electron chi connectivity index (χ4n) is 2.49. The third kappa shape index (κ3) is 2.21. The molecule has 102 valence electrons. The number of fused-ring (bicyclic) bond motifs is 1. The van der Waals surface area contributed by atoms with E-state index in [-0.39, 0.29) is 6.61 Å². The molecule has 0 spiro atoms. The Balaban J connectivity index is 2.15. The molecule has 0 unspecified atom stereocenters. The van der Waals surface area contributed by atoms with Gasteiger partial charge in [-0.2, -0.15) is 0 Å². The summed E-state index contributed by atoms with van der Waals surface area (Å²) in [4.78, 5) is 4.54. The Morgan fingerprint density at radius 1 is 1.05 bits per heavy atom. The number of nitrogens with zero attached hydrogens (tertiary/aromatic N) is 2. The lowest BCUT2D eigenvalue weighted by Gasteiger charge is -2.09. The zero-order valence-corrected chi connectivity index (χ0v) is 11.8. The van der Waals surface area contributed by atoms with Crippen molar-refractivity contribution in [3.63, 3.8) is 0 Å². The van der Waals surface area contributed by atoms with E-state index in [1.165, 1.54) is 16.7 Å². The number of benzene rings is 2. The first-order valence-corrected chi connectivity index (χ1v) is 6.80. The molecule has 0 saturated carbocycles. The molecular formula is C17H18N2O. The van der Waals surface area contributed by atoms with Gasteiger partial charge < -0.3 is 9.67 Å². The topological polar surface area (TPSA) is 38.1 Å². The summed E-state index contributed by atoms with van der Waals surface area (Å²) in [5, 5.41) is 9.55. The van der Waals surface area contributed by atoms with Gasteiger partial charge in [-0.3, -0.25) is 0 Å². The molecule has 3 heteroatoms. The molecule has 3 aromatic rings. The van der Waals surface area contributed by atoms with E-state index in [0.717, 1.165) is 17.6 Å². The zero-order valence-electron chi connectivity index (χ0n) is 11.8. The van der Waals surface area contributed by atoms with Crippen molar-refractivity contribution in [2.45, 2.75) is 27.0 Å². The van der Waals surface area contributed by atoms with Gasteiger partial charge in [0.15, 0.2) is 0 Å². The first kappa shape index (κ1) is 12.9. The van der Waals surface area contributed by atoms with Crippen molar-refractivity contribution in [1.82, 2.24) is 9.55 Å². The van der Waals surface area contributed by atoms with E-state index in [9.17, 15) is 5.11 Å². The smallest absolute Gasteiger partial charge is 0.136 e. The van der Waals surface area contributed by atoms with E-state index in [1.54, 1.807) is 0 Å². The fourth-order valence-corrected chi connectivity index (χ4v) is 2.49. The predicted molar refractivity (Wildman–Crippen MR) is 80.7 cm³/mol. The third-order valence-corrected chi connectivity index (χ3v) is 3.77. The molecule has 3 nitrogen and oxygen atoms in total. The van der Waals surface area contributed by atoms with E-state index in [2.05, 4.69) is 47.7 Å². The minimum atomic E-state index is -0.0421. The maximum Gasteiger partial charge on any atom is 0.136 e. The van der Waals surface area contributed by atoms with Gasteiger partial charge in [-0.25, -0.2) is 4.98 Å². The van der Waals surface area contributed by atoms with Crippen molar-refractivity contribution in [2.75, 3.05) is 0 Å². The van der Waals surface area contributed by atoms with Gasteiger partial charge in [-0.1, -0.05) is 30.3 Å². The Bertz CT molecular complexity index is 745. The highest BCUT2D eigenvalue weighted by atomic mass is 16.3. The summed E-state index contributed by atoms with van der Waals surface area (Å²) >= 11 is 0. The van der Waals surface area contributed by atoms with Crippen LogP contribution in [0.5, 0.6) is 0 Å². The first-order chi connectivity index (χ1) is 9.69. The van der Waals surface area contributed by atoms with Crippen LogP contribution in [-0.4, -0.2) is 14.7 Å². The molecule has 0 atom stereocenters. The Morgan fingerprint density at radius 3 is 2.45 bits per heavy atom. The number of aliphatic hydroxyl groups is 1. The summed E-state index contributed by atoms with van der Waals surface area (Å²) in [6, 6.07) is 14.5. The van der Waals surface area contributed by atoms with Crippen LogP contribution in [0.4, 0.5) is 0 Å². The molecule has 1 aromatic heterocycles. The van der Waals surface area contributed by atoms with Gasteiger partial charge in [0.1, 0.15) is 12.4 Å². The molecule has 0 fully saturated rings. The highest BCUT2D eigenvalue weighted by molar-refractivity contribution is 5.78. The zero-order chi connectivity index (χ0) is 14.1. The molecule has 0 amide bonds. The monoisotopic (exact) mass is 266 g/mol. The number of aliphatic hydroxyl groups excluding tert-OH is 1. The molecule has 0 radical (unpaired) electrons. The van der Waals surface area contributed by atoms with Gasteiger partial charge >= 0.3 is 0 Å². The normalized spacial score (nSPS) is 11.2. The van der Waals surface area contributed by atoms with Gasteiger partial charge in [-0.15, -0.1) is 0 Å². The number of hydrogen-bond acceptors (Lipinski definition) is 2. The molecular weight excluding hydrogens is 248 g/mol. The maximum absolute atomic E-state index is 9.55. The SMILES string of the molecule is Cc1cc2nc(CO)n(Cc3ccccc3)c2cc1C. The first-order valence-electron chi connectivity index (χ1n) is 6.80. The van der Waals surface area contributed by atoms with Gasteiger partial charge in [0.05, 0.1) is 11.0 Å². The van der Waals surface area contributed by atoms with Crippen molar-refractivity contribution in [1.29, 1.82) is 0 Å². The lowest BCUT2D eigenvalue weighted by atomic mass is 10.1. The number of imidazole rings is 1. The van der Waals surface area contributed by atoms with Crippen LogP contribution in [0.3, 0.4) is 0 Å². The Hall–Kier alpha value is -2.13. The van der Waals surface area contributed by atoms with Gasteiger partial charge in [-0.05, 0) is 42.7 Å². The van der Waals surface area contributed by atoms with Gasteiger partial charge in [0.25, 0.3) is 0 Å². The number of hydrogen-bond donors (Lipinski definition) is 1. The quantitative estimate of drug-likeness (QED) is 0.790. The van der Waals surface area contributed by atoms with Crippen LogP contribution in [0.25, 0.3) is 11.0 Å². The minimum absolute atomic E-state index is 0.0421. The number of aromatic nitrogens is 2. The van der Waals surface area contributed by atoms with Crippen molar-refractivity contribution in [3.8, 4) is 0 Å². The summed E-state index contributed by atoms with van der Waals surface area (Å²) in [5.74, 6) is 0.717. The van der Waals surface area contributed by atoms with E-state index in [0.29, 0.717) is 5.82 Å². The Kier molecular flexibility index (Phi) is 3.28. The number of rotatable bonds is 3. The summed E-state index contributed by atoms with van der Waals surface area (Å²) in [5.41, 5.74) is 5.72. The Morgan fingerprint density at radius 2 is 1.75 bits per heavy atom. The molecule has 0 saturated heterocycles. The minimum Gasteiger partial charge on any atom is -0.388 e. The molecule has 2 aromatic carbocycles. The van der Waals surface area contributed by atoms with Gasteiger partial charge in [0, 0.05) is 6.54 Å². The average Bonchev–Trinajstić information content (AvgIpc) is 2.78. The largest absolute Gasteiger partial charge is 0.388 e. The lowest BCUT2D eigenvalue weighted by molar-refractivity contribution is 0.267. The van der Waals surface area contributed by atoms with E-state index >= 15 is 0 Å². The summed E-state index contributed by atoms with van der Waals surface area (Å²) in [6.07, 6.45) is 0. The second-order valence-electron chi connectivity index (χ2n) is 5.18. The van der Waals surface area contributed by atoms with Crippen LogP contribution in [-0.2, 0) is 13.2 Å². The van der Waals surface area contributed by atoms with Crippen molar-refractivity contribution in [3.05, 3.63) is 65.0 Å². The van der Waals surface area contributed by atoms with Crippen molar-refractivity contribution >= 4 is 11.0 Å². The van der Waals surface area contributed by atoms with Crippen LogP contribution in [0, 0.1) is 13.8 Å². The van der Waals surface area contributed by atoms with Gasteiger partial charge in [0.2, 0.25) is 0 Å². The van der Waals surface area contributed by atoms with E-state index in [1.807, 2.05) is 18.2 Å². The molecule has 3 rings (SSSR count). The van der Waals surface area contributed by atoms with Crippen LogP contribution in [0.2, 0.25) is 0 Å².